The zero-order valence-corrected chi connectivity index (χ0v) is 15.2. The van der Waals surface area contributed by atoms with Crippen molar-refractivity contribution in [3.05, 3.63) is 85.6 Å². The lowest BCUT2D eigenvalue weighted by Crippen LogP contribution is -2.10. The van der Waals surface area contributed by atoms with E-state index in [4.69, 9.17) is 9.97 Å². The van der Waals surface area contributed by atoms with Crippen LogP contribution in [0.3, 0.4) is 0 Å². The first-order chi connectivity index (χ1) is 13.8. The van der Waals surface area contributed by atoms with Crippen LogP contribution in [-0.2, 0) is 13.1 Å². The van der Waals surface area contributed by atoms with E-state index in [1.54, 1.807) is 18.6 Å². The molecule has 3 aromatic heterocycles. The van der Waals surface area contributed by atoms with Crippen molar-refractivity contribution >= 4 is 22.1 Å². The van der Waals surface area contributed by atoms with Crippen LogP contribution in [0.5, 0.6) is 0 Å². The summed E-state index contributed by atoms with van der Waals surface area (Å²) in [5.41, 5.74) is 4.78. The Bertz CT molecular complexity index is 1280. The lowest BCUT2D eigenvalue weighted by Gasteiger charge is -2.11. The first-order valence-corrected chi connectivity index (χ1v) is 9.12. The predicted octanol–water partition coefficient (Wildman–Crippen LogP) is 4.08. The third-order valence-corrected chi connectivity index (χ3v) is 4.79. The molecule has 28 heavy (non-hydrogen) atoms. The molecule has 0 saturated heterocycles. The maximum Gasteiger partial charge on any atom is 0.161 e. The predicted molar refractivity (Wildman–Crippen MR) is 110 cm³/mol. The number of rotatable bonds is 5. The first kappa shape index (κ1) is 16.4. The van der Waals surface area contributed by atoms with Gasteiger partial charge < -0.3 is 9.13 Å². The molecule has 5 aromatic rings. The fourth-order valence-electron chi connectivity index (χ4n) is 3.57. The van der Waals surface area contributed by atoms with Crippen LogP contribution < -0.4 is 0 Å². The van der Waals surface area contributed by atoms with Gasteiger partial charge in [-0.25, -0.2) is 15.0 Å². The largest absolute Gasteiger partial charge is 0.323 e. The molecule has 6 nitrogen and oxygen atoms in total. The van der Waals surface area contributed by atoms with Gasteiger partial charge >= 0.3 is 0 Å². The molecule has 136 valence electrons. The molecule has 0 aliphatic rings. The van der Waals surface area contributed by atoms with Crippen molar-refractivity contribution in [1.82, 2.24) is 29.1 Å². The number of aromatic nitrogens is 6. The third kappa shape index (κ3) is 2.66. The van der Waals surface area contributed by atoms with E-state index in [9.17, 15) is 0 Å². The average molecular weight is 366 g/mol. The molecule has 0 radical (unpaired) electrons. The maximum atomic E-state index is 4.88. The standard InChI is InChI=1S/C22H18N6/c1-2-13-27-19-9-5-3-7-16(19)25-21(27)15-28-20-10-6-4-8-17(20)26-22(28)18-14-23-11-12-24-18/h2-12,14H,1,13,15H2. The minimum absolute atomic E-state index is 0.578. The van der Waals surface area contributed by atoms with E-state index in [1.165, 1.54) is 0 Å². The lowest BCUT2D eigenvalue weighted by atomic mass is 10.3. The van der Waals surface area contributed by atoms with Gasteiger partial charge in [-0.05, 0) is 24.3 Å². The summed E-state index contributed by atoms with van der Waals surface area (Å²) in [6, 6.07) is 16.3. The maximum absolute atomic E-state index is 4.88. The normalized spacial score (nSPS) is 11.3. The topological polar surface area (TPSA) is 61.4 Å². The quantitative estimate of drug-likeness (QED) is 0.440. The van der Waals surface area contributed by atoms with Gasteiger partial charge in [-0.2, -0.15) is 0 Å². The van der Waals surface area contributed by atoms with Gasteiger partial charge in [0.2, 0.25) is 0 Å². The van der Waals surface area contributed by atoms with Crippen molar-refractivity contribution in [1.29, 1.82) is 0 Å². The van der Waals surface area contributed by atoms with E-state index >= 15 is 0 Å². The Morgan fingerprint density at radius 3 is 2.29 bits per heavy atom. The summed E-state index contributed by atoms with van der Waals surface area (Å²) in [4.78, 5) is 18.4. The minimum Gasteiger partial charge on any atom is -0.323 e. The molecule has 0 bridgehead atoms. The molecular formula is C22H18N6. The second-order valence-corrected chi connectivity index (χ2v) is 6.52. The van der Waals surface area contributed by atoms with Crippen molar-refractivity contribution in [3.8, 4) is 11.5 Å². The van der Waals surface area contributed by atoms with E-state index in [1.807, 2.05) is 42.5 Å². The van der Waals surface area contributed by atoms with E-state index in [2.05, 4.69) is 37.8 Å². The van der Waals surface area contributed by atoms with E-state index in [-0.39, 0.29) is 0 Å². The lowest BCUT2D eigenvalue weighted by molar-refractivity contribution is 0.700. The Kier molecular flexibility index (Phi) is 3.94. The fraction of sp³-hybridized carbons (Fsp3) is 0.0909. The summed E-state index contributed by atoms with van der Waals surface area (Å²) in [6.45, 7) is 5.19. The Labute approximate surface area is 161 Å². The van der Waals surface area contributed by atoms with E-state index in [0.29, 0.717) is 13.1 Å². The number of nitrogens with zero attached hydrogens (tertiary/aromatic N) is 6. The van der Waals surface area contributed by atoms with Crippen molar-refractivity contribution < 1.29 is 0 Å². The van der Waals surface area contributed by atoms with Crippen LogP contribution in [0.25, 0.3) is 33.6 Å². The summed E-state index contributed by atoms with van der Waals surface area (Å²) in [7, 11) is 0. The van der Waals surface area contributed by atoms with Crippen LogP contribution in [0.4, 0.5) is 0 Å². The van der Waals surface area contributed by atoms with E-state index in [0.717, 1.165) is 39.4 Å². The molecule has 0 amide bonds. The molecular weight excluding hydrogens is 348 g/mol. The first-order valence-electron chi connectivity index (χ1n) is 9.12. The van der Waals surface area contributed by atoms with Crippen molar-refractivity contribution in [3.63, 3.8) is 0 Å². The Balaban J connectivity index is 1.71. The van der Waals surface area contributed by atoms with Crippen LogP contribution in [-0.4, -0.2) is 29.1 Å². The molecule has 0 spiro atoms. The van der Waals surface area contributed by atoms with Crippen molar-refractivity contribution in [2.45, 2.75) is 13.1 Å². The molecule has 0 aliphatic heterocycles. The molecule has 0 atom stereocenters. The number of benzene rings is 2. The zero-order valence-electron chi connectivity index (χ0n) is 15.2. The van der Waals surface area contributed by atoms with Crippen molar-refractivity contribution in [2.24, 2.45) is 0 Å². The third-order valence-electron chi connectivity index (χ3n) is 4.79. The van der Waals surface area contributed by atoms with Crippen LogP contribution in [0.15, 0.2) is 79.8 Å². The van der Waals surface area contributed by atoms with Crippen LogP contribution in [0.2, 0.25) is 0 Å². The van der Waals surface area contributed by atoms with Gasteiger partial charge in [0.25, 0.3) is 0 Å². The second kappa shape index (κ2) is 6.74. The number of imidazole rings is 2. The van der Waals surface area contributed by atoms with E-state index < -0.39 is 0 Å². The number of fused-ring (bicyclic) bond motifs is 2. The molecule has 0 fully saturated rings. The molecule has 3 heterocycles. The number of hydrogen-bond donors (Lipinski definition) is 0. The fourth-order valence-corrected chi connectivity index (χ4v) is 3.57. The summed E-state index contributed by atoms with van der Waals surface area (Å²) in [5, 5.41) is 0. The van der Waals surface area contributed by atoms with Gasteiger partial charge in [0.1, 0.15) is 11.5 Å². The van der Waals surface area contributed by atoms with Crippen LogP contribution in [0, 0.1) is 0 Å². The molecule has 2 aromatic carbocycles. The van der Waals surface area contributed by atoms with Crippen LogP contribution in [0.1, 0.15) is 5.82 Å². The summed E-state index contributed by atoms with van der Waals surface area (Å²) in [5.74, 6) is 1.74. The molecule has 6 heteroatoms. The highest BCUT2D eigenvalue weighted by molar-refractivity contribution is 5.80. The Morgan fingerprint density at radius 2 is 1.57 bits per heavy atom. The molecule has 0 aliphatic carbocycles. The van der Waals surface area contributed by atoms with Gasteiger partial charge in [-0.15, -0.1) is 6.58 Å². The smallest absolute Gasteiger partial charge is 0.161 e. The average Bonchev–Trinajstić information content (AvgIpc) is 3.28. The van der Waals surface area contributed by atoms with Gasteiger partial charge in [-0.3, -0.25) is 4.98 Å². The minimum atomic E-state index is 0.578. The Hall–Kier alpha value is -3.80. The highest BCUT2D eigenvalue weighted by atomic mass is 15.2. The number of para-hydroxylation sites is 4. The molecule has 0 N–H and O–H groups in total. The van der Waals surface area contributed by atoms with Crippen LogP contribution >= 0.6 is 0 Å². The summed E-state index contributed by atoms with van der Waals surface area (Å²) in [6.07, 6.45) is 6.99. The SMILES string of the molecule is C=CCn1c(Cn2c(-c3cnccn3)nc3ccccc32)nc2ccccc21. The molecule has 0 unspecified atom stereocenters. The van der Waals surface area contributed by atoms with Gasteiger partial charge in [0.05, 0.1) is 34.8 Å². The van der Waals surface area contributed by atoms with Crippen molar-refractivity contribution in [2.75, 3.05) is 0 Å². The summed E-state index contributed by atoms with van der Waals surface area (Å²) < 4.78 is 4.34. The monoisotopic (exact) mass is 366 g/mol. The van der Waals surface area contributed by atoms with Gasteiger partial charge in [0.15, 0.2) is 5.82 Å². The summed E-state index contributed by atoms with van der Waals surface area (Å²) >= 11 is 0. The Morgan fingerprint density at radius 1 is 0.857 bits per heavy atom. The van der Waals surface area contributed by atoms with Gasteiger partial charge in [0, 0.05) is 18.9 Å². The highest BCUT2D eigenvalue weighted by Gasteiger charge is 2.17. The number of allylic oxidation sites excluding steroid dienone is 1. The zero-order chi connectivity index (χ0) is 18.9. The molecule has 5 rings (SSSR count). The number of hydrogen-bond acceptors (Lipinski definition) is 4. The molecule has 0 saturated carbocycles. The highest BCUT2D eigenvalue weighted by Crippen LogP contribution is 2.25. The second-order valence-electron chi connectivity index (χ2n) is 6.52. The van der Waals surface area contributed by atoms with Gasteiger partial charge in [-0.1, -0.05) is 30.3 Å².